The van der Waals surface area contributed by atoms with E-state index in [9.17, 15) is 18.8 Å². The zero-order chi connectivity index (χ0) is 19.9. The maximum absolute atomic E-state index is 14.8. The zero-order valence-corrected chi connectivity index (χ0v) is 16.0. The highest BCUT2D eigenvalue weighted by molar-refractivity contribution is 8.16. The molecule has 28 heavy (non-hydrogen) atoms. The van der Waals surface area contributed by atoms with Crippen LogP contribution in [0.25, 0.3) is 0 Å². The number of halogens is 1. The first kappa shape index (κ1) is 18.7. The van der Waals surface area contributed by atoms with Crippen molar-refractivity contribution in [3.8, 4) is 0 Å². The second kappa shape index (κ2) is 7.08. The van der Waals surface area contributed by atoms with Crippen LogP contribution in [-0.4, -0.2) is 46.9 Å². The van der Waals surface area contributed by atoms with E-state index in [0.29, 0.717) is 10.7 Å². The average Bonchev–Trinajstić information content (AvgIpc) is 3.00. The molecule has 2 aliphatic heterocycles. The lowest BCUT2D eigenvalue weighted by Crippen LogP contribution is -2.51. The minimum atomic E-state index is -0.590. The Kier molecular flexibility index (Phi) is 4.74. The zero-order valence-electron chi connectivity index (χ0n) is 15.2. The van der Waals surface area contributed by atoms with Crippen molar-refractivity contribution in [2.45, 2.75) is 37.0 Å². The van der Waals surface area contributed by atoms with Gasteiger partial charge in [0.05, 0.1) is 18.8 Å². The smallest absolute Gasteiger partial charge is 0.414 e. The first-order valence-electron chi connectivity index (χ1n) is 8.98. The van der Waals surface area contributed by atoms with E-state index in [1.165, 1.54) is 29.7 Å². The quantitative estimate of drug-likeness (QED) is 0.793. The summed E-state index contributed by atoms with van der Waals surface area (Å²) in [5.41, 5.74) is 3.14. The van der Waals surface area contributed by atoms with Gasteiger partial charge in [0.1, 0.15) is 21.7 Å². The summed E-state index contributed by atoms with van der Waals surface area (Å²) in [5, 5.41) is 7.03. The number of anilines is 1. The third kappa shape index (κ3) is 3.32. The molecule has 10 heteroatoms. The first-order valence-corrected chi connectivity index (χ1v) is 9.79. The fourth-order valence-electron chi connectivity index (χ4n) is 3.34. The molecule has 3 aliphatic rings. The Morgan fingerprint density at radius 2 is 2.25 bits per heavy atom. The highest BCUT2D eigenvalue weighted by atomic mass is 32.2. The van der Waals surface area contributed by atoms with Gasteiger partial charge in [-0.15, -0.1) is 0 Å². The lowest BCUT2D eigenvalue weighted by atomic mass is 9.83. The predicted octanol–water partition coefficient (Wildman–Crippen LogP) is 1.73. The number of hydrazone groups is 1. The van der Waals surface area contributed by atoms with Crippen LogP contribution < -0.4 is 15.6 Å². The number of hydrogen-bond donors (Lipinski definition) is 2. The normalized spacial score (nSPS) is 23.0. The number of thioether (sulfide) groups is 1. The predicted molar refractivity (Wildman–Crippen MR) is 102 cm³/mol. The molecule has 8 nitrogen and oxygen atoms in total. The van der Waals surface area contributed by atoms with Gasteiger partial charge in [-0.1, -0.05) is 11.8 Å². The van der Waals surface area contributed by atoms with Gasteiger partial charge in [-0.05, 0) is 37.5 Å². The van der Waals surface area contributed by atoms with Crippen molar-refractivity contribution < 1.29 is 23.5 Å². The number of nitrogens with one attached hydrogen (secondary N) is 2. The minimum Gasteiger partial charge on any atom is -0.442 e. The summed E-state index contributed by atoms with van der Waals surface area (Å²) in [6.07, 6.45) is 1.37. The van der Waals surface area contributed by atoms with Crippen molar-refractivity contribution >= 4 is 40.4 Å². The molecule has 2 heterocycles. The molecule has 0 unspecified atom stereocenters. The van der Waals surface area contributed by atoms with E-state index in [4.69, 9.17) is 4.74 Å². The van der Waals surface area contributed by atoms with Gasteiger partial charge in [0.15, 0.2) is 0 Å². The summed E-state index contributed by atoms with van der Waals surface area (Å²) in [6, 6.07) is 4.42. The van der Waals surface area contributed by atoms with Crippen LogP contribution in [0.2, 0.25) is 0 Å². The summed E-state index contributed by atoms with van der Waals surface area (Å²) >= 11 is 1.30. The van der Waals surface area contributed by atoms with Crippen molar-refractivity contribution in [3.05, 3.63) is 29.6 Å². The summed E-state index contributed by atoms with van der Waals surface area (Å²) < 4.78 is 19.5. The summed E-state index contributed by atoms with van der Waals surface area (Å²) in [6.45, 7) is 1.80. The van der Waals surface area contributed by atoms with E-state index < -0.39 is 22.8 Å². The third-order valence-electron chi connectivity index (χ3n) is 5.07. The summed E-state index contributed by atoms with van der Waals surface area (Å²) in [7, 11) is 0. The number of carbonyl (C=O) groups is 3. The van der Waals surface area contributed by atoms with Crippen molar-refractivity contribution in [2.24, 2.45) is 5.10 Å². The van der Waals surface area contributed by atoms with Crippen LogP contribution in [0.1, 0.15) is 31.7 Å². The number of benzene rings is 1. The fraction of sp³-hybridized carbons (Fsp3) is 0.444. The number of hydrogen-bond acceptors (Lipinski definition) is 6. The molecule has 0 aromatic heterocycles. The molecular weight excluding hydrogens is 387 g/mol. The molecule has 3 amide bonds. The van der Waals surface area contributed by atoms with E-state index in [1.807, 2.05) is 0 Å². The Bertz CT molecular complexity index is 886. The average molecular weight is 406 g/mol. The Morgan fingerprint density at radius 1 is 1.46 bits per heavy atom. The van der Waals surface area contributed by atoms with Gasteiger partial charge in [-0.25, -0.2) is 14.6 Å². The second-order valence-corrected chi connectivity index (χ2v) is 8.40. The van der Waals surface area contributed by atoms with E-state index in [0.717, 1.165) is 19.3 Å². The van der Waals surface area contributed by atoms with Crippen molar-refractivity contribution in [1.82, 2.24) is 10.7 Å². The third-order valence-corrected chi connectivity index (χ3v) is 6.56. The summed E-state index contributed by atoms with van der Waals surface area (Å²) in [5.74, 6) is -0.881. The van der Waals surface area contributed by atoms with Gasteiger partial charge in [0.25, 0.3) is 5.91 Å². The van der Waals surface area contributed by atoms with Gasteiger partial charge in [0.2, 0.25) is 5.91 Å². The van der Waals surface area contributed by atoms with Crippen LogP contribution in [0.4, 0.5) is 14.9 Å². The standard InChI is InChI=1S/C18H19FN4O4S/c1-10(24)20-8-12-9-23(17(26)27-12)11-3-4-13(14(19)7-11)15-21-22-16(25)18(28-15)5-2-6-18/h3-4,7,12H,2,5-6,8-9H2,1H3,(H,20,24)(H,22,25)/t12-/m0/s1. The van der Waals surface area contributed by atoms with Gasteiger partial charge >= 0.3 is 6.09 Å². The molecule has 1 aliphatic carbocycles. The van der Waals surface area contributed by atoms with Crippen LogP contribution in [0, 0.1) is 5.82 Å². The number of carbonyl (C=O) groups excluding carboxylic acids is 3. The maximum atomic E-state index is 14.8. The summed E-state index contributed by atoms with van der Waals surface area (Å²) in [4.78, 5) is 36.4. The second-order valence-electron chi connectivity index (χ2n) is 7.03. The van der Waals surface area contributed by atoms with Crippen molar-refractivity contribution in [1.29, 1.82) is 0 Å². The monoisotopic (exact) mass is 406 g/mol. The highest BCUT2D eigenvalue weighted by Crippen LogP contribution is 2.47. The highest BCUT2D eigenvalue weighted by Gasteiger charge is 2.48. The first-order chi connectivity index (χ1) is 13.4. The van der Waals surface area contributed by atoms with E-state index in [1.54, 1.807) is 12.1 Å². The van der Waals surface area contributed by atoms with Crippen LogP contribution >= 0.6 is 11.8 Å². The molecule has 2 fully saturated rings. The topological polar surface area (TPSA) is 100 Å². The van der Waals surface area contributed by atoms with Crippen LogP contribution in [0.5, 0.6) is 0 Å². The molecule has 1 spiro atoms. The molecule has 1 saturated heterocycles. The van der Waals surface area contributed by atoms with Gasteiger partial charge in [-0.2, -0.15) is 5.10 Å². The molecular formula is C18H19FN4O4S. The van der Waals surface area contributed by atoms with Crippen LogP contribution in [0.15, 0.2) is 23.3 Å². The Balaban J connectivity index is 1.50. The van der Waals surface area contributed by atoms with Crippen molar-refractivity contribution in [2.75, 3.05) is 18.0 Å². The molecule has 1 aromatic carbocycles. The lowest BCUT2D eigenvalue weighted by molar-refractivity contribution is -0.125. The van der Waals surface area contributed by atoms with Gasteiger partial charge in [-0.3, -0.25) is 14.5 Å². The molecule has 1 atom stereocenters. The van der Waals surface area contributed by atoms with E-state index >= 15 is 0 Å². The van der Waals surface area contributed by atoms with Crippen LogP contribution in [0.3, 0.4) is 0 Å². The fourth-order valence-corrected chi connectivity index (χ4v) is 4.71. The Hall–Kier alpha value is -2.62. The van der Waals surface area contributed by atoms with E-state index in [2.05, 4.69) is 15.8 Å². The van der Waals surface area contributed by atoms with Gasteiger partial charge in [0, 0.05) is 12.5 Å². The molecule has 148 valence electrons. The molecule has 4 rings (SSSR count). The molecule has 0 bridgehead atoms. The molecule has 2 N–H and O–H groups in total. The lowest BCUT2D eigenvalue weighted by Gasteiger charge is -2.41. The van der Waals surface area contributed by atoms with Gasteiger partial charge < -0.3 is 10.1 Å². The van der Waals surface area contributed by atoms with E-state index in [-0.39, 0.29) is 30.5 Å². The Labute approximate surface area is 164 Å². The van der Waals surface area contributed by atoms with Crippen molar-refractivity contribution in [3.63, 3.8) is 0 Å². The number of ether oxygens (including phenoxy) is 1. The Morgan fingerprint density at radius 3 is 2.89 bits per heavy atom. The number of amides is 3. The largest absolute Gasteiger partial charge is 0.442 e. The molecule has 1 saturated carbocycles. The number of cyclic esters (lactones) is 1. The molecule has 0 radical (unpaired) electrons. The van der Waals surface area contributed by atoms with Crippen LogP contribution in [-0.2, 0) is 14.3 Å². The maximum Gasteiger partial charge on any atom is 0.414 e. The minimum absolute atomic E-state index is 0.130. The number of rotatable bonds is 4. The number of nitrogens with zero attached hydrogens (tertiary/aromatic N) is 2. The molecule has 1 aromatic rings. The SMILES string of the molecule is CC(=O)NC[C@H]1CN(c2ccc(C3=NNC(=O)C4(CCC4)S3)c(F)c2)C(=O)O1.